The van der Waals surface area contributed by atoms with E-state index in [0.717, 1.165) is 18.6 Å². The molecule has 1 aromatic rings. The van der Waals surface area contributed by atoms with E-state index in [1.54, 1.807) is 6.07 Å². The van der Waals surface area contributed by atoms with Gasteiger partial charge in [-0.1, -0.05) is 23.2 Å². The van der Waals surface area contributed by atoms with E-state index in [0.29, 0.717) is 28.2 Å². The zero-order valence-corrected chi connectivity index (χ0v) is 11.9. The summed E-state index contributed by atoms with van der Waals surface area (Å²) in [5, 5.41) is 1.14. The van der Waals surface area contributed by atoms with Gasteiger partial charge in [0, 0.05) is 18.2 Å². The molecule has 0 aromatic heterocycles. The molecule has 18 heavy (non-hydrogen) atoms. The average molecular weight is 286 g/mol. The summed E-state index contributed by atoms with van der Waals surface area (Å²) in [6.07, 6.45) is 5.17. The second-order valence-corrected chi connectivity index (χ2v) is 6.15. The zero-order valence-electron chi connectivity index (χ0n) is 10.4. The highest BCUT2D eigenvalue weighted by Gasteiger charge is 2.39. The maximum atomic E-state index is 6.05. The minimum absolute atomic E-state index is 0.316. The van der Waals surface area contributed by atoms with Crippen LogP contribution in [-0.4, -0.2) is 30.1 Å². The van der Waals surface area contributed by atoms with Crippen molar-refractivity contribution in [3.8, 4) is 5.75 Å². The summed E-state index contributed by atoms with van der Waals surface area (Å²) >= 11 is 11.9. The Morgan fingerprint density at radius 2 is 1.78 bits per heavy atom. The van der Waals surface area contributed by atoms with Crippen molar-refractivity contribution in [1.82, 2.24) is 4.90 Å². The van der Waals surface area contributed by atoms with E-state index in [9.17, 15) is 0 Å². The van der Waals surface area contributed by atoms with Crippen LogP contribution in [0.4, 0.5) is 0 Å². The Bertz CT molecular complexity index is 437. The average Bonchev–Trinajstić information content (AvgIpc) is 2.58. The molecule has 0 unspecified atom stereocenters. The Kier molecular flexibility index (Phi) is 3.44. The SMILES string of the molecule is CN1[C@@H]2CC[C@H]1C[C@H](Oc1ccc(Cl)c(Cl)c1)C2. The molecule has 2 nitrogen and oxygen atoms in total. The van der Waals surface area contributed by atoms with Gasteiger partial charge < -0.3 is 9.64 Å². The van der Waals surface area contributed by atoms with Crippen molar-refractivity contribution in [1.29, 1.82) is 0 Å². The van der Waals surface area contributed by atoms with Crippen LogP contribution in [0.3, 0.4) is 0 Å². The summed E-state index contributed by atoms with van der Waals surface area (Å²) < 4.78 is 6.05. The van der Waals surface area contributed by atoms with Crippen molar-refractivity contribution < 1.29 is 4.74 Å². The van der Waals surface area contributed by atoms with Crippen molar-refractivity contribution in [3.05, 3.63) is 28.2 Å². The van der Waals surface area contributed by atoms with E-state index < -0.39 is 0 Å². The summed E-state index contributed by atoms with van der Waals surface area (Å²) in [6.45, 7) is 0. The van der Waals surface area contributed by atoms with Crippen molar-refractivity contribution >= 4 is 23.2 Å². The van der Waals surface area contributed by atoms with Crippen molar-refractivity contribution in [2.75, 3.05) is 7.05 Å². The maximum absolute atomic E-state index is 6.05. The molecule has 2 aliphatic rings. The fourth-order valence-electron chi connectivity index (χ4n) is 3.20. The lowest BCUT2D eigenvalue weighted by molar-refractivity contribution is 0.0662. The molecular formula is C14H17Cl2NO. The second-order valence-electron chi connectivity index (χ2n) is 5.34. The monoisotopic (exact) mass is 285 g/mol. The molecule has 0 amide bonds. The number of nitrogens with zero attached hydrogens (tertiary/aromatic N) is 1. The number of hydrogen-bond donors (Lipinski definition) is 0. The van der Waals surface area contributed by atoms with Crippen LogP contribution in [0.5, 0.6) is 5.75 Å². The lowest BCUT2D eigenvalue weighted by Gasteiger charge is -2.36. The fourth-order valence-corrected chi connectivity index (χ4v) is 3.49. The number of benzene rings is 1. The maximum Gasteiger partial charge on any atom is 0.121 e. The van der Waals surface area contributed by atoms with Crippen molar-refractivity contribution in [3.63, 3.8) is 0 Å². The first-order chi connectivity index (χ1) is 8.63. The first-order valence-electron chi connectivity index (χ1n) is 6.47. The van der Waals surface area contributed by atoms with Crippen LogP contribution in [0.1, 0.15) is 25.7 Å². The molecular weight excluding hydrogens is 269 g/mol. The van der Waals surface area contributed by atoms with E-state index in [2.05, 4.69) is 11.9 Å². The highest BCUT2D eigenvalue weighted by atomic mass is 35.5. The Balaban J connectivity index is 1.68. The summed E-state index contributed by atoms with van der Waals surface area (Å²) in [4.78, 5) is 2.51. The van der Waals surface area contributed by atoms with Gasteiger partial charge in [0.2, 0.25) is 0 Å². The Hall–Kier alpha value is -0.440. The van der Waals surface area contributed by atoms with Gasteiger partial charge in [0.15, 0.2) is 0 Å². The summed E-state index contributed by atoms with van der Waals surface area (Å²) in [5.74, 6) is 0.832. The van der Waals surface area contributed by atoms with Crippen LogP contribution < -0.4 is 4.74 Å². The Morgan fingerprint density at radius 1 is 1.11 bits per heavy atom. The van der Waals surface area contributed by atoms with Crippen molar-refractivity contribution in [2.24, 2.45) is 0 Å². The van der Waals surface area contributed by atoms with Gasteiger partial charge in [-0.15, -0.1) is 0 Å². The molecule has 0 spiro atoms. The highest BCUT2D eigenvalue weighted by Crippen LogP contribution is 2.36. The topological polar surface area (TPSA) is 12.5 Å². The number of fused-ring (bicyclic) bond motifs is 2. The van der Waals surface area contributed by atoms with Gasteiger partial charge in [-0.05, 0) is 44.9 Å². The molecule has 1 aromatic carbocycles. The molecule has 2 bridgehead atoms. The number of rotatable bonds is 2. The van der Waals surface area contributed by atoms with Crippen molar-refractivity contribution in [2.45, 2.75) is 43.9 Å². The Morgan fingerprint density at radius 3 is 2.39 bits per heavy atom. The number of hydrogen-bond acceptors (Lipinski definition) is 2. The van der Waals surface area contributed by atoms with Crippen LogP contribution in [0.2, 0.25) is 10.0 Å². The minimum Gasteiger partial charge on any atom is -0.490 e. The highest BCUT2D eigenvalue weighted by molar-refractivity contribution is 6.42. The number of piperidine rings is 1. The van der Waals surface area contributed by atoms with E-state index in [4.69, 9.17) is 27.9 Å². The molecule has 0 saturated carbocycles. The lowest BCUT2D eigenvalue weighted by atomic mass is 10.0. The standard InChI is InChI=1S/C14H17Cl2NO/c1-17-9-2-3-10(17)7-12(6-9)18-11-4-5-13(15)14(16)8-11/h4-5,8-10,12H,2-3,6-7H2,1H3/t9-,10+,12-. The van der Waals surface area contributed by atoms with Crippen LogP contribution in [0.15, 0.2) is 18.2 Å². The quantitative estimate of drug-likeness (QED) is 0.815. The van der Waals surface area contributed by atoms with E-state index >= 15 is 0 Å². The molecule has 3 rings (SSSR count). The smallest absolute Gasteiger partial charge is 0.121 e. The third-order valence-electron chi connectivity index (χ3n) is 4.25. The normalized spacial score (nSPS) is 31.6. The lowest BCUT2D eigenvalue weighted by Crippen LogP contribution is -2.43. The molecule has 2 aliphatic heterocycles. The number of halogens is 2. The second kappa shape index (κ2) is 4.92. The molecule has 4 heteroatoms. The largest absolute Gasteiger partial charge is 0.490 e. The fraction of sp³-hybridized carbons (Fsp3) is 0.571. The van der Waals surface area contributed by atoms with E-state index in [-0.39, 0.29) is 0 Å². The summed E-state index contributed by atoms with van der Waals surface area (Å²) in [6, 6.07) is 6.88. The van der Waals surface area contributed by atoms with Gasteiger partial charge in [0.05, 0.1) is 10.0 Å². The van der Waals surface area contributed by atoms with E-state index in [1.807, 2.05) is 12.1 Å². The number of ether oxygens (including phenoxy) is 1. The molecule has 2 heterocycles. The molecule has 0 radical (unpaired) electrons. The van der Waals surface area contributed by atoms with Crippen LogP contribution >= 0.6 is 23.2 Å². The predicted octanol–water partition coefficient (Wildman–Crippen LogP) is 4.00. The van der Waals surface area contributed by atoms with Gasteiger partial charge in [-0.2, -0.15) is 0 Å². The van der Waals surface area contributed by atoms with E-state index in [1.165, 1.54) is 12.8 Å². The molecule has 98 valence electrons. The first kappa shape index (κ1) is 12.6. The van der Waals surface area contributed by atoms with Gasteiger partial charge >= 0.3 is 0 Å². The Labute approximate surface area is 118 Å². The van der Waals surface area contributed by atoms with Gasteiger partial charge in [-0.25, -0.2) is 0 Å². The van der Waals surface area contributed by atoms with Crippen LogP contribution in [0.25, 0.3) is 0 Å². The molecule has 0 aliphatic carbocycles. The van der Waals surface area contributed by atoms with Crippen LogP contribution in [0, 0.1) is 0 Å². The summed E-state index contributed by atoms with van der Waals surface area (Å²) in [5.41, 5.74) is 0. The molecule has 0 N–H and O–H groups in total. The third-order valence-corrected chi connectivity index (χ3v) is 4.99. The van der Waals surface area contributed by atoms with Gasteiger partial charge in [0.1, 0.15) is 11.9 Å². The first-order valence-corrected chi connectivity index (χ1v) is 7.22. The minimum atomic E-state index is 0.316. The predicted molar refractivity (Wildman–Crippen MR) is 74.7 cm³/mol. The molecule has 2 saturated heterocycles. The summed E-state index contributed by atoms with van der Waals surface area (Å²) in [7, 11) is 2.23. The van der Waals surface area contributed by atoms with Crippen LogP contribution in [-0.2, 0) is 0 Å². The zero-order chi connectivity index (χ0) is 12.7. The third kappa shape index (κ3) is 2.34. The molecule has 2 fully saturated rings. The molecule has 3 atom stereocenters. The van der Waals surface area contributed by atoms with Gasteiger partial charge in [0.25, 0.3) is 0 Å². The van der Waals surface area contributed by atoms with Gasteiger partial charge in [-0.3, -0.25) is 0 Å².